The van der Waals surface area contributed by atoms with E-state index in [1.165, 1.54) is 38.1 Å². The molecule has 0 aliphatic heterocycles. The summed E-state index contributed by atoms with van der Waals surface area (Å²) in [6.07, 6.45) is -3.42. The van der Waals surface area contributed by atoms with Gasteiger partial charge in [-0.3, -0.25) is 86.3 Å². The average Bonchev–Trinajstić information content (AvgIpc) is 0.853. The van der Waals surface area contributed by atoms with Crippen LogP contribution in [-0.4, -0.2) is 266 Å². The summed E-state index contributed by atoms with van der Waals surface area (Å²) in [6, 6.07) is -11.0. The number of carboxylic acids is 4. The topological polar surface area (TPSA) is 744 Å². The third-order valence-electron chi connectivity index (χ3n) is 19.6. The van der Waals surface area contributed by atoms with Crippen molar-refractivity contribution in [3.05, 3.63) is 65.7 Å². The van der Waals surface area contributed by atoms with Gasteiger partial charge in [-0.15, -0.1) is 0 Å². The molecule has 0 saturated carbocycles. The van der Waals surface area contributed by atoms with Crippen molar-refractivity contribution in [3.63, 3.8) is 0 Å². The van der Waals surface area contributed by atoms with Crippen LogP contribution >= 0.6 is 12.6 Å². The Morgan fingerprint density at radius 1 is 0.349 bits per heavy atom. The monoisotopic (exact) mass is 1800 g/mol. The SMILES string of the molecule is CC(C)C[C@H](NC(=O)[C@H](CC(C)C)NC(=O)[C@@H](NC(=O)[C@H](Cc1ccc(O)cc1)NC(=O)[C@H](C)NC(=O)[C@H](CC(=O)O)NC(=O)[C@H](CCC(N)=O)NC(=O)[C@H](Cc1ccccc1)NC(=O)[C@H](CCC(=O)O)NC(=O)[C@H](CS)NC(=O)[C@@H](N)CCCCN)C(C)C)C(=O)N[C@@H](CO)C(=O)N[C@@H](CCC(=O)O)C(=O)N[C@@H](CCCCN)C(=O)N[C@@H](CCCCN)C(=O)O. The number of unbranched alkanes of at least 4 members (excludes halogenated alkanes) is 3. The Labute approximate surface area is 735 Å². The molecule has 2 rings (SSSR count). The Balaban J connectivity index is 2.52. The zero-order valence-electron chi connectivity index (χ0n) is 72.0. The largest absolute Gasteiger partial charge is 0.508 e. The molecule has 126 heavy (non-hydrogen) atoms. The summed E-state index contributed by atoms with van der Waals surface area (Å²) in [5.74, 6) is -24.0. The molecule has 0 unspecified atom stereocenters. The quantitative estimate of drug-likeness (QED) is 0.0218. The number of phenolic OH excluding ortho intramolecular Hbond substituents is 1. The van der Waals surface area contributed by atoms with E-state index in [0.717, 1.165) is 6.92 Å². The fourth-order valence-corrected chi connectivity index (χ4v) is 12.8. The van der Waals surface area contributed by atoms with E-state index in [0.29, 0.717) is 49.8 Å². The summed E-state index contributed by atoms with van der Waals surface area (Å²) in [4.78, 5) is 258. The zero-order chi connectivity index (χ0) is 95.0. The standard InChI is InChI=1S/C81H129N19O25S/c1-42(2)35-55(75(118)98-60(40-101)78(121)90-52(27-30-63(104)105)70(113)88-50(20-12-15-33-83)69(112)92-54(81(124)125)21-13-16-34-84)94-74(117)56(36-43(3)4)97-80(123)66(44(5)6)100-77(120)58(38-47-22-24-48(102)25-23-47)93-67(110)45(7)87-73(116)59(39-65(108)109)96-71(114)51(26-29-62(86)103)89-76(119)57(37-46-17-9-8-10-18-46)95-72(115)53(28-31-64(106)107)91-79(122)61(41-126)99-68(111)49(85)19-11-14-32-82/h8-10,17-18,22-25,42-45,49-61,66,101-102,126H,11-16,19-21,26-41,82-85H2,1-7H3,(H2,86,103)(H,87,116)(H,88,113)(H,89,119)(H,90,121)(H,91,122)(H,92,112)(H,93,110)(H,94,117)(H,95,115)(H,96,114)(H,97,123)(H,98,118)(H,99,111)(H,100,120)(H,104,105)(H,106,107)(H,108,109)(H,124,125)/t45-,49-,50-,51-,52-,53-,54-,55-,56-,57-,58-,59-,60-,61-,66-/m0/s1. The van der Waals surface area contributed by atoms with Crippen LogP contribution in [0.3, 0.4) is 0 Å². The first-order chi connectivity index (χ1) is 59.4. The van der Waals surface area contributed by atoms with E-state index in [1.807, 2.05) is 0 Å². The summed E-state index contributed by atoms with van der Waals surface area (Å²) in [5.41, 5.74) is 28.9. The van der Waals surface area contributed by atoms with Crippen LogP contribution in [0.2, 0.25) is 0 Å². The van der Waals surface area contributed by atoms with Crippen LogP contribution in [0.5, 0.6) is 5.75 Å². The van der Waals surface area contributed by atoms with E-state index in [9.17, 15) is 122 Å². The second-order valence-corrected chi connectivity index (χ2v) is 32.0. The van der Waals surface area contributed by atoms with Crippen LogP contribution in [0.15, 0.2) is 54.6 Å². The van der Waals surface area contributed by atoms with E-state index in [2.05, 4.69) is 87.1 Å². The van der Waals surface area contributed by atoms with Gasteiger partial charge in [0.25, 0.3) is 0 Å². The molecule has 0 aliphatic rings. The van der Waals surface area contributed by atoms with Crippen LogP contribution in [0.25, 0.3) is 0 Å². The lowest BCUT2D eigenvalue weighted by Gasteiger charge is -2.30. The molecule has 704 valence electrons. The maximum absolute atomic E-state index is 14.7. The van der Waals surface area contributed by atoms with Crippen molar-refractivity contribution in [2.24, 2.45) is 46.4 Å². The van der Waals surface area contributed by atoms with Gasteiger partial charge in [-0.1, -0.05) is 90.4 Å². The minimum atomic E-state index is -2.10. The van der Waals surface area contributed by atoms with Gasteiger partial charge in [-0.05, 0) is 151 Å². The number of hydrogen-bond acceptors (Lipinski definition) is 26. The first kappa shape index (κ1) is 110. The number of amides is 15. The number of aromatic hydroxyl groups is 1. The molecule has 45 heteroatoms. The number of nitrogens with one attached hydrogen (secondary N) is 14. The molecule has 0 radical (unpaired) electrons. The highest BCUT2D eigenvalue weighted by Gasteiger charge is 2.40. The summed E-state index contributed by atoms with van der Waals surface area (Å²) in [6.45, 7) is 10.5. The average molecular weight is 1800 g/mol. The molecule has 0 bridgehead atoms. The first-order valence-electron chi connectivity index (χ1n) is 41.7. The fourth-order valence-electron chi connectivity index (χ4n) is 12.6. The predicted molar refractivity (Wildman–Crippen MR) is 458 cm³/mol. The van der Waals surface area contributed by atoms with Gasteiger partial charge in [0.1, 0.15) is 90.3 Å². The number of carbonyl (C=O) groups is 19. The fraction of sp³-hybridized carbons (Fsp3) is 0.617. The Morgan fingerprint density at radius 3 is 1.11 bits per heavy atom. The molecule has 15 amide bonds. The van der Waals surface area contributed by atoms with E-state index in [4.69, 9.17) is 28.7 Å². The number of aliphatic hydroxyl groups excluding tert-OH is 1. The highest BCUT2D eigenvalue weighted by atomic mass is 32.1. The maximum atomic E-state index is 14.7. The third kappa shape index (κ3) is 42.8. The van der Waals surface area contributed by atoms with Crippen molar-refractivity contribution in [2.75, 3.05) is 32.0 Å². The zero-order valence-corrected chi connectivity index (χ0v) is 72.9. The molecular formula is C81H129N19O25S. The molecule has 0 heterocycles. The Morgan fingerprint density at radius 2 is 0.690 bits per heavy atom. The lowest BCUT2D eigenvalue weighted by molar-refractivity contribution is -0.143. The summed E-state index contributed by atoms with van der Waals surface area (Å²) >= 11 is 4.16. The van der Waals surface area contributed by atoms with Crippen LogP contribution in [0.1, 0.15) is 175 Å². The molecule has 2 aromatic rings. The highest BCUT2D eigenvalue weighted by molar-refractivity contribution is 7.80. The first-order valence-corrected chi connectivity index (χ1v) is 42.3. The van der Waals surface area contributed by atoms with Gasteiger partial charge in [0.05, 0.1) is 19.1 Å². The second-order valence-electron chi connectivity index (χ2n) is 31.6. The lowest BCUT2D eigenvalue weighted by atomic mass is 9.98. The summed E-state index contributed by atoms with van der Waals surface area (Å²) in [7, 11) is 0. The number of aliphatic carboxylic acids is 4. The van der Waals surface area contributed by atoms with E-state index >= 15 is 0 Å². The summed E-state index contributed by atoms with van der Waals surface area (Å²) in [5, 5.41) is 93.8. The molecule has 2 aromatic carbocycles. The lowest BCUT2D eigenvalue weighted by Crippen LogP contribution is -2.62. The number of nitrogens with two attached hydrogens (primary N) is 5. The van der Waals surface area contributed by atoms with Crippen LogP contribution in [-0.2, 0) is 104 Å². The minimum absolute atomic E-state index is 0.00460. The van der Waals surface area contributed by atoms with Gasteiger partial charge in [0.15, 0.2) is 0 Å². The minimum Gasteiger partial charge on any atom is -0.508 e. The van der Waals surface area contributed by atoms with Gasteiger partial charge in [-0.2, -0.15) is 12.6 Å². The van der Waals surface area contributed by atoms with Gasteiger partial charge in [-0.25, -0.2) is 4.79 Å². The predicted octanol–water partition coefficient (Wildman–Crippen LogP) is -5.08. The van der Waals surface area contributed by atoms with Crippen LogP contribution in [0.4, 0.5) is 0 Å². The Kier molecular flexibility index (Phi) is 51.3. The number of carbonyl (C=O) groups excluding carboxylic acids is 15. The van der Waals surface area contributed by atoms with Crippen molar-refractivity contribution in [1.82, 2.24) is 74.4 Å². The van der Waals surface area contributed by atoms with Crippen molar-refractivity contribution in [3.8, 4) is 5.75 Å². The van der Waals surface area contributed by atoms with Crippen molar-refractivity contribution >= 4 is 125 Å². The molecule has 0 fully saturated rings. The van der Waals surface area contributed by atoms with E-state index in [1.54, 1.807) is 58.0 Å². The molecule has 44 nitrogen and oxygen atoms in total. The Bertz CT molecular complexity index is 3960. The number of rotatable bonds is 63. The third-order valence-corrected chi connectivity index (χ3v) is 19.9. The summed E-state index contributed by atoms with van der Waals surface area (Å²) < 4.78 is 0. The maximum Gasteiger partial charge on any atom is 0.326 e. The van der Waals surface area contributed by atoms with Crippen molar-refractivity contribution in [2.45, 2.75) is 268 Å². The second kappa shape index (κ2) is 58.5. The van der Waals surface area contributed by atoms with Gasteiger partial charge in [0.2, 0.25) is 88.6 Å². The molecular weight excluding hydrogens is 1670 g/mol. The van der Waals surface area contributed by atoms with Gasteiger partial charge >= 0.3 is 23.9 Å². The smallest absolute Gasteiger partial charge is 0.326 e. The van der Waals surface area contributed by atoms with Gasteiger partial charge < -0.3 is 134 Å². The Hall–Kier alpha value is -11.7. The number of hydrogen-bond donors (Lipinski definition) is 26. The van der Waals surface area contributed by atoms with E-state index in [-0.39, 0.29) is 87.8 Å². The number of phenols is 1. The van der Waals surface area contributed by atoms with Gasteiger partial charge in [0, 0.05) is 37.9 Å². The normalized spacial score (nSPS) is 14.8. The molecule has 0 aromatic heterocycles. The molecule has 0 saturated heterocycles. The van der Waals surface area contributed by atoms with E-state index < -0.39 is 261 Å². The number of thiol groups is 1. The molecule has 30 N–H and O–H groups in total. The highest BCUT2D eigenvalue weighted by Crippen LogP contribution is 2.18. The molecule has 15 atom stereocenters. The van der Waals surface area contributed by atoms with Crippen molar-refractivity contribution in [1.29, 1.82) is 0 Å². The molecule has 0 aliphatic carbocycles. The van der Waals surface area contributed by atoms with Crippen LogP contribution in [0, 0.1) is 17.8 Å². The van der Waals surface area contributed by atoms with Crippen molar-refractivity contribution < 1.29 is 122 Å². The number of primary amides is 1. The van der Waals surface area contributed by atoms with Crippen LogP contribution < -0.4 is 103 Å². The molecule has 0 spiro atoms. The number of aliphatic hydroxyl groups is 1. The number of carboxylic acid groups (broad SMARTS) is 4. The number of benzene rings is 2.